The third kappa shape index (κ3) is 1.48. The highest BCUT2D eigenvalue weighted by Gasteiger charge is 2.08. The molecule has 0 saturated heterocycles. The highest BCUT2D eigenvalue weighted by Crippen LogP contribution is 2.16. The zero-order valence-electron chi connectivity index (χ0n) is 8.31. The van der Waals surface area contributed by atoms with Crippen molar-refractivity contribution in [3.63, 3.8) is 0 Å². The van der Waals surface area contributed by atoms with E-state index in [1.54, 1.807) is 18.7 Å². The Bertz CT molecular complexity index is 408. The van der Waals surface area contributed by atoms with Gasteiger partial charge in [0.2, 0.25) is 0 Å². The first kappa shape index (κ1) is 8.81. The minimum atomic E-state index is 1.04. The van der Waals surface area contributed by atoms with Crippen LogP contribution in [0.25, 0.3) is 11.3 Å². The number of rotatable bonds is 1. The average Bonchev–Trinajstić information content (AvgIpc) is 2.20. The SMILES string of the molecule is Cc1ncccc1-c1ccnc[n+]1C. The molecule has 2 aromatic heterocycles. The largest absolute Gasteiger partial charge is 0.286 e. The van der Waals surface area contributed by atoms with Gasteiger partial charge in [-0.3, -0.25) is 4.98 Å². The lowest BCUT2D eigenvalue weighted by atomic mass is 10.1. The normalized spacial score (nSPS) is 10.1. The van der Waals surface area contributed by atoms with E-state index in [2.05, 4.69) is 16.0 Å². The number of hydrogen-bond acceptors (Lipinski definition) is 2. The maximum atomic E-state index is 4.26. The van der Waals surface area contributed by atoms with Crippen molar-refractivity contribution in [1.82, 2.24) is 9.97 Å². The molecule has 0 aliphatic rings. The molecule has 2 aromatic rings. The van der Waals surface area contributed by atoms with Crippen LogP contribution in [0.1, 0.15) is 5.69 Å². The Kier molecular flexibility index (Phi) is 2.23. The molecule has 14 heavy (non-hydrogen) atoms. The third-order valence-corrected chi connectivity index (χ3v) is 2.22. The van der Waals surface area contributed by atoms with E-state index < -0.39 is 0 Å². The lowest BCUT2D eigenvalue weighted by molar-refractivity contribution is -0.663. The summed E-state index contributed by atoms with van der Waals surface area (Å²) < 4.78 is 1.99. The Balaban J connectivity index is 2.61. The van der Waals surface area contributed by atoms with Crippen LogP contribution in [0.2, 0.25) is 0 Å². The standard InChI is InChI=1S/C11H12N3/c1-9-10(4-3-6-13-9)11-5-7-12-8-14(11)2/h3-8H,1-2H3/q+1. The summed E-state index contributed by atoms with van der Waals surface area (Å²) in [5.74, 6) is 0. The lowest BCUT2D eigenvalue weighted by Crippen LogP contribution is -2.31. The quantitative estimate of drug-likeness (QED) is 0.628. The molecular weight excluding hydrogens is 174 g/mol. The molecule has 0 aliphatic carbocycles. The highest BCUT2D eigenvalue weighted by molar-refractivity contribution is 5.57. The molecule has 3 heteroatoms. The Morgan fingerprint density at radius 2 is 2.07 bits per heavy atom. The maximum Gasteiger partial charge on any atom is 0.286 e. The van der Waals surface area contributed by atoms with Gasteiger partial charge in [0.05, 0.1) is 7.05 Å². The molecule has 0 saturated carbocycles. The van der Waals surface area contributed by atoms with Crippen LogP contribution >= 0.6 is 0 Å². The molecule has 0 unspecified atom stereocenters. The maximum absolute atomic E-state index is 4.26. The first-order valence-electron chi connectivity index (χ1n) is 4.50. The van der Waals surface area contributed by atoms with Gasteiger partial charge in [-0.1, -0.05) is 4.98 Å². The van der Waals surface area contributed by atoms with Crippen molar-refractivity contribution < 1.29 is 4.57 Å². The van der Waals surface area contributed by atoms with E-state index in [9.17, 15) is 0 Å². The molecule has 0 radical (unpaired) electrons. The molecule has 2 heterocycles. The van der Waals surface area contributed by atoms with Crippen molar-refractivity contribution in [3.05, 3.63) is 42.6 Å². The molecule has 0 amide bonds. The molecular formula is C11H12N3+. The zero-order valence-corrected chi connectivity index (χ0v) is 8.31. The predicted molar refractivity (Wildman–Crippen MR) is 53.4 cm³/mol. The van der Waals surface area contributed by atoms with E-state index in [1.165, 1.54) is 0 Å². The smallest absolute Gasteiger partial charge is 0.261 e. The van der Waals surface area contributed by atoms with Gasteiger partial charge in [-0.05, 0) is 19.1 Å². The minimum absolute atomic E-state index is 1.04. The monoisotopic (exact) mass is 186 g/mol. The summed E-state index contributed by atoms with van der Waals surface area (Å²) in [6.45, 7) is 2.01. The van der Waals surface area contributed by atoms with Crippen molar-refractivity contribution in [1.29, 1.82) is 0 Å². The minimum Gasteiger partial charge on any atom is -0.261 e. The van der Waals surface area contributed by atoms with E-state index in [0.717, 1.165) is 17.0 Å². The average molecular weight is 186 g/mol. The number of aromatic nitrogens is 3. The second-order valence-electron chi connectivity index (χ2n) is 3.21. The molecule has 0 aromatic carbocycles. The summed E-state index contributed by atoms with van der Waals surface area (Å²) in [6, 6.07) is 6.00. The highest BCUT2D eigenvalue weighted by atomic mass is 15.0. The van der Waals surface area contributed by atoms with Gasteiger partial charge in [0.25, 0.3) is 6.33 Å². The van der Waals surface area contributed by atoms with Gasteiger partial charge in [-0.2, -0.15) is 0 Å². The molecule has 0 atom stereocenters. The summed E-state index contributed by atoms with van der Waals surface area (Å²) >= 11 is 0. The van der Waals surface area contributed by atoms with E-state index in [-0.39, 0.29) is 0 Å². The van der Waals surface area contributed by atoms with Gasteiger partial charge < -0.3 is 0 Å². The molecule has 2 rings (SSSR count). The fourth-order valence-electron chi connectivity index (χ4n) is 1.47. The zero-order chi connectivity index (χ0) is 9.97. The number of nitrogens with zero attached hydrogens (tertiary/aromatic N) is 3. The van der Waals surface area contributed by atoms with Crippen molar-refractivity contribution in [2.24, 2.45) is 7.05 Å². The van der Waals surface area contributed by atoms with Gasteiger partial charge in [0.15, 0.2) is 0 Å². The molecule has 0 aliphatic heterocycles. The van der Waals surface area contributed by atoms with Crippen LogP contribution < -0.4 is 4.57 Å². The van der Waals surface area contributed by atoms with E-state index in [0.29, 0.717) is 0 Å². The summed E-state index contributed by atoms with van der Waals surface area (Å²) in [5, 5.41) is 0. The van der Waals surface area contributed by atoms with Crippen LogP contribution in [0.3, 0.4) is 0 Å². The van der Waals surface area contributed by atoms with Crippen LogP contribution in [0.15, 0.2) is 36.9 Å². The van der Waals surface area contributed by atoms with Crippen LogP contribution in [-0.4, -0.2) is 9.97 Å². The lowest BCUT2D eigenvalue weighted by Gasteiger charge is -2.03. The van der Waals surface area contributed by atoms with Crippen LogP contribution in [0.5, 0.6) is 0 Å². The number of pyridine rings is 1. The Morgan fingerprint density at radius 1 is 1.21 bits per heavy atom. The summed E-state index contributed by atoms with van der Waals surface area (Å²) in [5.41, 5.74) is 3.32. The van der Waals surface area contributed by atoms with Crippen molar-refractivity contribution in [2.75, 3.05) is 0 Å². The summed E-state index contributed by atoms with van der Waals surface area (Å²) in [6.07, 6.45) is 5.39. The second-order valence-corrected chi connectivity index (χ2v) is 3.21. The van der Waals surface area contributed by atoms with Crippen molar-refractivity contribution in [3.8, 4) is 11.3 Å². The first-order chi connectivity index (χ1) is 6.79. The van der Waals surface area contributed by atoms with Crippen LogP contribution in [0, 0.1) is 6.92 Å². The van der Waals surface area contributed by atoms with Crippen LogP contribution in [-0.2, 0) is 7.05 Å². The fourth-order valence-corrected chi connectivity index (χ4v) is 1.47. The topological polar surface area (TPSA) is 29.7 Å². The second kappa shape index (κ2) is 3.54. The molecule has 0 spiro atoms. The van der Waals surface area contributed by atoms with Crippen molar-refractivity contribution >= 4 is 0 Å². The van der Waals surface area contributed by atoms with Crippen LogP contribution in [0.4, 0.5) is 0 Å². The molecule has 0 bridgehead atoms. The van der Waals surface area contributed by atoms with Gasteiger partial charge in [-0.25, -0.2) is 4.57 Å². The first-order valence-corrected chi connectivity index (χ1v) is 4.50. The van der Waals surface area contributed by atoms with E-state index in [4.69, 9.17) is 0 Å². The number of hydrogen-bond donors (Lipinski definition) is 0. The van der Waals surface area contributed by atoms with Gasteiger partial charge in [0, 0.05) is 23.5 Å². The summed E-state index contributed by atoms with van der Waals surface area (Å²) in [4.78, 5) is 8.31. The number of aryl methyl sites for hydroxylation is 2. The molecule has 3 nitrogen and oxygen atoms in total. The van der Waals surface area contributed by atoms with Gasteiger partial charge in [-0.15, -0.1) is 0 Å². The summed E-state index contributed by atoms with van der Waals surface area (Å²) in [7, 11) is 1.98. The Labute approximate surface area is 83.1 Å². The third-order valence-electron chi connectivity index (χ3n) is 2.22. The fraction of sp³-hybridized carbons (Fsp3) is 0.182. The predicted octanol–water partition coefficient (Wildman–Crippen LogP) is 1.28. The molecule has 0 fully saturated rings. The van der Waals surface area contributed by atoms with Gasteiger partial charge >= 0.3 is 0 Å². The molecule has 70 valence electrons. The Morgan fingerprint density at radius 3 is 2.79 bits per heavy atom. The molecule has 0 N–H and O–H groups in total. The van der Waals surface area contributed by atoms with Crippen molar-refractivity contribution in [2.45, 2.75) is 6.92 Å². The van der Waals surface area contributed by atoms with E-state index >= 15 is 0 Å². The Hall–Kier alpha value is -1.77. The van der Waals surface area contributed by atoms with Gasteiger partial charge in [0.1, 0.15) is 11.9 Å². The van der Waals surface area contributed by atoms with E-state index in [1.807, 2.05) is 30.7 Å².